The van der Waals surface area contributed by atoms with Crippen molar-refractivity contribution >= 4 is 17.1 Å². The second-order valence-electron chi connectivity index (χ2n) is 8.02. The first-order valence-corrected chi connectivity index (χ1v) is 10.6. The second-order valence-corrected chi connectivity index (χ2v) is 8.02. The van der Waals surface area contributed by atoms with Gasteiger partial charge in [0.15, 0.2) is 11.2 Å². The van der Waals surface area contributed by atoms with Crippen LogP contribution in [0.2, 0.25) is 0 Å². The zero-order valence-corrected chi connectivity index (χ0v) is 18.5. The Morgan fingerprint density at radius 3 is 2.88 bits per heavy atom. The number of hydrogen-bond acceptors (Lipinski definition) is 7. The molecule has 1 aliphatic rings. The van der Waals surface area contributed by atoms with Gasteiger partial charge in [-0.15, -0.1) is 0 Å². The number of aromatic nitrogens is 8. The molecule has 11 nitrogen and oxygen atoms in total. The summed E-state index contributed by atoms with van der Waals surface area (Å²) in [5.74, 6) is 1.09. The van der Waals surface area contributed by atoms with Crippen molar-refractivity contribution < 1.29 is 9.53 Å². The predicted octanol–water partition coefficient (Wildman–Crippen LogP) is 1.88. The number of nitrogens with one attached hydrogen (secondary N) is 1. The molecule has 1 fully saturated rings. The Bertz CT molecular complexity index is 1300. The summed E-state index contributed by atoms with van der Waals surface area (Å²) < 4.78 is 10.1. The van der Waals surface area contributed by atoms with Crippen LogP contribution in [-0.4, -0.2) is 69.5 Å². The number of hydrogen-bond donors (Lipinski definition) is 1. The molecule has 1 N–H and O–H groups in total. The Morgan fingerprint density at radius 2 is 2.16 bits per heavy atom. The number of ether oxygens (including phenoxy) is 1. The van der Waals surface area contributed by atoms with E-state index in [2.05, 4.69) is 32.2 Å². The fourth-order valence-corrected chi connectivity index (χ4v) is 4.15. The number of rotatable bonds is 5. The number of H-pyrrole nitrogens is 1. The molecule has 1 amide bonds. The molecule has 166 valence electrons. The highest BCUT2D eigenvalue weighted by molar-refractivity contribution is 5.92. The van der Waals surface area contributed by atoms with Crippen molar-refractivity contribution in [3.05, 3.63) is 35.7 Å². The van der Waals surface area contributed by atoms with E-state index in [0.29, 0.717) is 42.2 Å². The molecule has 1 atom stereocenters. The molecule has 5 rings (SSSR count). The van der Waals surface area contributed by atoms with Crippen LogP contribution in [0.15, 0.2) is 18.6 Å². The summed E-state index contributed by atoms with van der Waals surface area (Å²) in [5, 5.41) is 11.3. The zero-order chi connectivity index (χ0) is 22.4. The van der Waals surface area contributed by atoms with Crippen LogP contribution in [0.25, 0.3) is 22.6 Å². The van der Waals surface area contributed by atoms with Crippen molar-refractivity contribution in [2.24, 2.45) is 7.05 Å². The van der Waals surface area contributed by atoms with E-state index in [1.165, 1.54) is 6.33 Å². The average molecular weight is 435 g/mol. The van der Waals surface area contributed by atoms with Gasteiger partial charge in [-0.2, -0.15) is 15.2 Å². The first kappa shape index (κ1) is 20.2. The highest BCUT2D eigenvalue weighted by atomic mass is 16.5. The van der Waals surface area contributed by atoms with Gasteiger partial charge in [0.05, 0.1) is 18.3 Å². The molecule has 4 aromatic heterocycles. The number of amides is 1. The van der Waals surface area contributed by atoms with Crippen molar-refractivity contribution in [2.45, 2.75) is 39.8 Å². The van der Waals surface area contributed by atoms with Crippen molar-refractivity contribution in [1.29, 1.82) is 0 Å². The summed E-state index contributed by atoms with van der Waals surface area (Å²) in [7, 11) is 1.92. The summed E-state index contributed by atoms with van der Waals surface area (Å²) in [6.07, 6.45) is 3.84. The molecule has 0 unspecified atom stereocenters. The monoisotopic (exact) mass is 435 g/mol. The smallest absolute Gasteiger partial charge is 0.274 e. The van der Waals surface area contributed by atoms with E-state index in [4.69, 9.17) is 9.72 Å². The van der Waals surface area contributed by atoms with E-state index in [1.54, 1.807) is 11.0 Å². The number of fused-ring (bicyclic) bond motifs is 1. The number of carbonyl (C=O) groups excluding carboxylic acids is 1. The van der Waals surface area contributed by atoms with E-state index in [-0.39, 0.29) is 12.0 Å². The van der Waals surface area contributed by atoms with Crippen molar-refractivity contribution in [3.8, 4) is 17.3 Å². The van der Waals surface area contributed by atoms with Gasteiger partial charge in [-0.3, -0.25) is 14.6 Å². The minimum atomic E-state index is -0.174. The van der Waals surface area contributed by atoms with Crippen LogP contribution in [0.5, 0.6) is 5.88 Å². The molecule has 0 saturated carbocycles. The van der Waals surface area contributed by atoms with Gasteiger partial charge in [0.1, 0.15) is 23.9 Å². The van der Waals surface area contributed by atoms with Gasteiger partial charge in [-0.1, -0.05) is 0 Å². The van der Waals surface area contributed by atoms with E-state index in [9.17, 15) is 4.79 Å². The summed E-state index contributed by atoms with van der Waals surface area (Å²) in [5.41, 5.74) is 4.55. The lowest BCUT2D eigenvalue weighted by molar-refractivity contribution is 0.0765. The molecule has 0 bridgehead atoms. The van der Waals surface area contributed by atoms with Crippen molar-refractivity contribution in [1.82, 2.24) is 44.4 Å². The molecule has 11 heteroatoms. The third kappa shape index (κ3) is 3.29. The second kappa shape index (κ2) is 7.74. The number of aryl methyl sites for hydroxylation is 3. The van der Waals surface area contributed by atoms with Crippen LogP contribution < -0.4 is 4.74 Å². The van der Waals surface area contributed by atoms with E-state index >= 15 is 0 Å². The highest BCUT2D eigenvalue weighted by Crippen LogP contribution is 2.30. The predicted molar refractivity (Wildman–Crippen MR) is 116 cm³/mol. The Balaban J connectivity index is 1.39. The molecule has 0 aliphatic carbocycles. The van der Waals surface area contributed by atoms with Crippen LogP contribution in [0, 0.1) is 13.8 Å². The molecule has 0 spiro atoms. The summed E-state index contributed by atoms with van der Waals surface area (Å²) in [6.45, 7) is 7.82. The quantitative estimate of drug-likeness (QED) is 0.508. The number of imidazole rings is 1. The third-order valence-electron chi connectivity index (χ3n) is 5.90. The average Bonchev–Trinajstić information content (AvgIpc) is 3.56. The van der Waals surface area contributed by atoms with Gasteiger partial charge in [0.2, 0.25) is 5.88 Å². The highest BCUT2D eigenvalue weighted by Gasteiger charge is 2.30. The Labute approximate surface area is 184 Å². The first-order chi connectivity index (χ1) is 15.5. The van der Waals surface area contributed by atoms with Crippen LogP contribution in [-0.2, 0) is 13.6 Å². The number of carbonyl (C=O) groups is 1. The van der Waals surface area contributed by atoms with E-state index < -0.39 is 0 Å². The standard InChI is InChI=1S/C21H25N9O2/c1-5-30-13(3)15(9-24-30)18-25-17-19(28(18)4)22-11-23-20(17)32-14-6-7-29(10-14)21(31)16-8-12(2)26-27-16/h8-9,11,14H,5-7,10H2,1-4H3,(H,26,27)/t14-/m0/s1. The summed E-state index contributed by atoms with van der Waals surface area (Å²) >= 11 is 0. The molecular weight excluding hydrogens is 410 g/mol. The normalized spacial score (nSPS) is 16.2. The fourth-order valence-electron chi connectivity index (χ4n) is 4.15. The molecule has 1 aliphatic heterocycles. The van der Waals surface area contributed by atoms with Crippen LogP contribution in [0.3, 0.4) is 0 Å². The molecule has 0 radical (unpaired) electrons. The molecular formula is C21H25N9O2. The Morgan fingerprint density at radius 1 is 1.31 bits per heavy atom. The lowest BCUT2D eigenvalue weighted by Gasteiger charge is -2.15. The minimum Gasteiger partial charge on any atom is -0.471 e. The van der Waals surface area contributed by atoms with Crippen LogP contribution >= 0.6 is 0 Å². The molecule has 32 heavy (non-hydrogen) atoms. The van der Waals surface area contributed by atoms with Crippen molar-refractivity contribution in [2.75, 3.05) is 13.1 Å². The van der Waals surface area contributed by atoms with Gasteiger partial charge in [-0.25, -0.2) is 9.97 Å². The fraction of sp³-hybridized carbons (Fsp3) is 0.429. The number of likely N-dealkylation sites (tertiary alicyclic amines) is 1. The largest absolute Gasteiger partial charge is 0.471 e. The van der Waals surface area contributed by atoms with Gasteiger partial charge < -0.3 is 14.2 Å². The minimum absolute atomic E-state index is 0.100. The Hall–Kier alpha value is -3.76. The van der Waals surface area contributed by atoms with Gasteiger partial charge >= 0.3 is 0 Å². The maximum absolute atomic E-state index is 12.7. The van der Waals surface area contributed by atoms with E-state index in [0.717, 1.165) is 29.3 Å². The number of aromatic amines is 1. The van der Waals surface area contributed by atoms with Gasteiger partial charge in [0, 0.05) is 37.9 Å². The van der Waals surface area contributed by atoms with E-state index in [1.807, 2.05) is 36.3 Å². The maximum Gasteiger partial charge on any atom is 0.274 e. The lowest BCUT2D eigenvalue weighted by atomic mass is 10.2. The molecule has 4 aromatic rings. The van der Waals surface area contributed by atoms with Gasteiger partial charge in [0.25, 0.3) is 5.91 Å². The first-order valence-electron chi connectivity index (χ1n) is 10.6. The molecule has 1 saturated heterocycles. The SMILES string of the molecule is CCn1ncc(-c2nc3c(O[C@H]4CCN(C(=O)c5cc(C)[nH]n5)C4)ncnc3n2C)c1C. The topological polar surface area (TPSA) is 120 Å². The molecule has 0 aromatic carbocycles. The molecule has 5 heterocycles. The van der Waals surface area contributed by atoms with Crippen LogP contribution in [0.1, 0.15) is 35.2 Å². The lowest BCUT2D eigenvalue weighted by Crippen LogP contribution is -2.31. The third-order valence-corrected chi connectivity index (χ3v) is 5.90. The van der Waals surface area contributed by atoms with Crippen LogP contribution in [0.4, 0.5) is 0 Å². The summed E-state index contributed by atoms with van der Waals surface area (Å²) in [4.78, 5) is 28.0. The maximum atomic E-state index is 12.7. The summed E-state index contributed by atoms with van der Waals surface area (Å²) in [6, 6.07) is 1.75. The number of nitrogens with zero attached hydrogens (tertiary/aromatic N) is 8. The Kier molecular flexibility index (Phi) is 4.87. The van der Waals surface area contributed by atoms with Gasteiger partial charge in [-0.05, 0) is 26.8 Å². The van der Waals surface area contributed by atoms with Crippen molar-refractivity contribution in [3.63, 3.8) is 0 Å². The zero-order valence-electron chi connectivity index (χ0n) is 18.5.